The number of fused-ring (bicyclic) bond motifs is 1. The molecule has 0 aliphatic rings. The van der Waals surface area contributed by atoms with Crippen LogP contribution >= 0.6 is 24.8 Å². The first-order valence-electron chi connectivity index (χ1n) is 8.42. The number of anilines is 2. The molecule has 5 nitrogen and oxygen atoms in total. The van der Waals surface area contributed by atoms with E-state index in [9.17, 15) is 4.79 Å². The van der Waals surface area contributed by atoms with E-state index in [1.54, 1.807) is 12.3 Å². The van der Waals surface area contributed by atoms with Gasteiger partial charge in [0.15, 0.2) is 0 Å². The van der Waals surface area contributed by atoms with Crippen LogP contribution in [0.5, 0.6) is 0 Å². The Hall–Kier alpha value is -2.34. The highest BCUT2D eigenvalue weighted by Crippen LogP contribution is 2.21. The number of carbonyl (C=O) groups excluding carboxylic acids is 1. The molecule has 0 atom stereocenters. The number of para-hydroxylation sites is 2. The van der Waals surface area contributed by atoms with E-state index in [4.69, 9.17) is 0 Å². The van der Waals surface area contributed by atoms with Gasteiger partial charge in [0.2, 0.25) is 0 Å². The number of halogens is 2. The zero-order valence-electron chi connectivity index (χ0n) is 15.4. The Bertz CT molecular complexity index is 793. The molecule has 3 rings (SSSR count). The summed E-state index contributed by atoms with van der Waals surface area (Å²) in [6.45, 7) is 6.39. The molecule has 0 radical (unpaired) electrons. The fraction of sp³-hybridized carbons (Fsp3) is 0.200. The smallest absolute Gasteiger partial charge is 0.317 e. The molecule has 1 aromatic heterocycles. The number of amides is 2. The van der Waals surface area contributed by atoms with Gasteiger partial charge in [-0.05, 0) is 37.4 Å². The minimum Gasteiger partial charge on any atom is -0.317 e. The van der Waals surface area contributed by atoms with Gasteiger partial charge >= 0.3 is 6.03 Å². The summed E-state index contributed by atoms with van der Waals surface area (Å²) in [5.74, 6) is 0. The van der Waals surface area contributed by atoms with E-state index >= 15 is 0 Å². The van der Waals surface area contributed by atoms with Crippen molar-refractivity contribution in [3.8, 4) is 0 Å². The third kappa shape index (κ3) is 8.26. The Morgan fingerprint density at radius 2 is 1.48 bits per heavy atom. The van der Waals surface area contributed by atoms with E-state index in [-0.39, 0.29) is 30.8 Å². The van der Waals surface area contributed by atoms with Crippen molar-refractivity contribution in [2.24, 2.45) is 0 Å². The number of carbonyl (C=O) groups is 1. The molecule has 0 unspecified atom stereocenters. The van der Waals surface area contributed by atoms with Crippen LogP contribution in [0, 0.1) is 0 Å². The SMILES string of the molecule is CCNCC.Cl.Cl.O=C(Nc1ccccc1)Nc1ccnc2ccccc12. The minimum atomic E-state index is -0.271. The van der Waals surface area contributed by atoms with Gasteiger partial charge in [-0.3, -0.25) is 4.98 Å². The van der Waals surface area contributed by atoms with Crippen LogP contribution in [0.15, 0.2) is 66.9 Å². The molecular weight excluding hydrogens is 383 g/mol. The fourth-order valence-corrected chi connectivity index (χ4v) is 2.26. The van der Waals surface area contributed by atoms with Gasteiger partial charge < -0.3 is 16.0 Å². The van der Waals surface area contributed by atoms with E-state index in [1.807, 2.05) is 54.6 Å². The van der Waals surface area contributed by atoms with Gasteiger partial charge in [-0.2, -0.15) is 0 Å². The summed E-state index contributed by atoms with van der Waals surface area (Å²) < 4.78 is 0. The lowest BCUT2D eigenvalue weighted by Crippen LogP contribution is -2.19. The van der Waals surface area contributed by atoms with Gasteiger partial charge in [0.25, 0.3) is 0 Å². The van der Waals surface area contributed by atoms with Crippen LogP contribution in [0.2, 0.25) is 0 Å². The first-order chi connectivity index (χ1) is 12.2. The van der Waals surface area contributed by atoms with Gasteiger partial charge in [-0.1, -0.05) is 50.2 Å². The van der Waals surface area contributed by atoms with Crippen molar-refractivity contribution in [1.29, 1.82) is 0 Å². The zero-order chi connectivity index (χ0) is 17.9. The van der Waals surface area contributed by atoms with E-state index in [0.29, 0.717) is 0 Å². The summed E-state index contributed by atoms with van der Waals surface area (Å²) in [5.41, 5.74) is 2.34. The van der Waals surface area contributed by atoms with Gasteiger partial charge in [0, 0.05) is 17.3 Å². The number of nitrogens with one attached hydrogen (secondary N) is 3. The van der Waals surface area contributed by atoms with Crippen molar-refractivity contribution in [3.63, 3.8) is 0 Å². The molecule has 7 heteroatoms. The summed E-state index contributed by atoms with van der Waals surface area (Å²) in [5, 5.41) is 9.65. The van der Waals surface area contributed by atoms with Gasteiger partial charge in [-0.25, -0.2) is 4.79 Å². The highest BCUT2D eigenvalue weighted by molar-refractivity contribution is 6.05. The maximum atomic E-state index is 12.0. The number of nitrogens with zero attached hydrogens (tertiary/aromatic N) is 1. The largest absolute Gasteiger partial charge is 0.323 e. The maximum Gasteiger partial charge on any atom is 0.323 e. The molecule has 27 heavy (non-hydrogen) atoms. The van der Waals surface area contributed by atoms with Crippen molar-refractivity contribution in [3.05, 3.63) is 66.9 Å². The molecule has 2 amide bonds. The summed E-state index contributed by atoms with van der Waals surface area (Å²) >= 11 is 0. The third-order valence-corrected chi connectivity index (χ3v) is 3.43. The Morgan fingerprint density at radius 1 is 0.852 bits per heavy atom. The van der Waals surface area contributed by atoms with Crippen molar-refractivity contribution in [1.82, 2.24) is 10.3 Å². The summed E-state index contributed by atoms with van der Waals surface area (Å²) in [7, 11) is 0. The molecular formula is C20H26Cl2N4O. The number of rotatable bonds is 4. The number of hydrogen-bond donors (Lipinski definition) is 3. The molecule has 3 N–H and O–H groups in total. The number of benzene rings is 2. The monoisotopic (exact) mass is 408 g/mol. The van der Waals surface area contributed by atoms with E-state index in [2.05, 4.69) is 34.8 Å². The number of urea groups is 1. The predicted molar refractivity (Wildman–Crippen MR) is 120 cm³/mol. The highest BCUT2D eigenvalue weighted by Gasteiger charge is 2.05. The lowest BCUT2D eigenvalue weighted by Gasteiger charge is -2.09. The summed E-state index contributed by atoms with van der Waals surface area (Å²) in [6.07, 6.45) is 1.68. The van der Waals surface area contributed by atoms with Crippen molar-refractivity contribution in [2.45, 2.75) is 13.8 Å². The molecule has 3 aromatic rings. The molecule has 0 aliphatic carbocycles. The standard InChI is InChI=1S/C16H13N3O.C4H11N.2ClH/c20-16(18-12-6-2-1-3-7-12)19-15-10-11-17-14-9-5-4-8-13(14)15;1-3-5-4-2;;/h1-11H,(H2,17,18,19,20);5H,3-4H2,1-2H3;2*1H. The van der Waals surface area contributed by atoms with Crippen LogP contribution in [0.1, 0.15) is 13.8 Å². The molecule has 146 valence electrons. The molecule has 0 saturated carbocycles. The second-order valence-electron chi connectivity index (χ2n) is 5.28. The minimum absolute atomic E-state index is 0. The third-order valence-electron chi connectivity index (χ3n) is 3.43. The molecule has 0 fully saturated rings. The Balaban J connectivity index is 0.000000864. The van der Waals surface area contributed by atoms with E-state index in [0.717, 1.165) is 35.4 Å². The van der Waals surface area contributed by atoms with Crippen LogP contribution in [-0.4, -0.2) is 24.1 Å². The zero-order valence-corrected chi connectivity index (χ0v) is 17.1. The lowest BCUT2D eigenvalue weighted by molar-refractivity contribution is 0.262. The van der Waals surface area contributed by atoms with Crippen molar-refractivity contribution >= 4 is 53.1 Å². The van der Waals surface area contributed by atoms with Crippen LogP contribution in [0.25, 0.3) is 10.9 Å². The van der Waals surface area contributed by atoms with Crippen molar-refractivity contribution < 1.29 is 4.79 Å². The van der Waals surface area contributed by atoms with E-state index < -0.39 is 0 Å². The molecule has 1 heterocycles. The van der Waals surface area contributed by atoms with Crippen LogP contribution in [0.4, 0.5) is 16.2 Å². The Kier molecular flexibility index (Phi) is 12.6. The second kappa shape index (κ2) is 13.8. The average Bonchev–Trinajstić information content (AvgIpc) is 2.64. The normalized spacial score (nSPS) is 9.11. The molecule has 0 saturated heterocycles. The van der Waals surface area contributed by atoms with Crippen molar-refractivity contribution in [2.75, 3.05) is 23.7 Å². The highest BCUT2D eigenvalue weighted by atomic mass is 35.5. The molecule has 0 spiro atoms. The second-order valence-corrected chi connectivity index (χ2v) is 5.28. The topological polar surface area (TPSA) is 66.1 Å². The first kappa shape index (κ1) is 24.7. The lowest BCUT2D eigenvalue weighted by atomic mass is 10.2. The summed E-state index contributed by atoms with van der Waals surface area (Å²) in [6, 6.07) is 18.5. The fourth-order valence-electron chi connectivity index (χ4n) is 2.26. The first-order valence-corrected chi connectivity index (χ1v) is 8.42. The average molecular weight is 409 g/mol. The van der Waals surface area contributed by atoms with Gasteiger partial charge in [0.1, 0.15) is 0 Å². The van der Waals surface area contributed by atoms with E-state index in [1.165, 1.54) is 0 Å². The maximum absolute atomic E-state index is 12.0. The number of hydrogen-bond acceptors (Lipinski definition) is 3. The number of pyridine rings is 1. The predicted octanol–water partition coefficient (Wildman–Crippen LogP) is 5.34. The Morgan fingerprint density at radius 3 is 2.11 bits per heavy atom. The molecule has 0 bridgehead atoms. The number of aromatic nitrogens is 1. The van der Waals surface area contributed by atoms with Crippen LogP contribution < -0.4 is 16.0 Å². The summed E-state index contributed by atoms with van der Waals surface area (Å²) in [4.78, 5) is 16.2. The van der Waals surface area contributed by atoms with Gasteiger partial charge in [-0.15, -0.1) is 24.8 Å². The van der Waals surface area contributed by atoms with Crippen LogP contribution in [0.3, 0.4) is 0 Å². The quantitative estimate of drug-likeness (QED) is 0.545. The van der Waals surface area contributed by atoms with Gasteiger partial charge in [0.05, 0.1) is 11.2 Å². The molecule has 2 aromatic carbocycles. The van der Waals surface area contributed by atoms with Crippen LogP contribution in [-0.2, 0) is 0 Å². The Labute approximate surface area is 172 Å². The molecule has 0 aliphatic heterocycles.